The van der Waals surface area contributed by atoms with E-state index in [0.29, 0.717) is 22.4 Å². The summed E-state index contributed by atoms with van der Waals surface area (Å²) < 4.78 is 4.50. The smallest absolute Gasteiger partial charge is 0.321 e. The number of rotatable bonds is 7. The van der Waals surface area contributed by atoms with Crippen molar-refractivity contribution in [3.8, 4) is 0 Å². The van der Waals surface area contributed by atoms with Gasteiger partial charge in [-0.05, 0) is 30.0 Å². The molecule has 148 valence electrons. The monoisotopic (exact) mass is 414 g/mol. The first kappa shape index (κ1) is 21.5. The number of methoxy groups -OCH3 is 1. The molecule has 1 unspecified atom stereocenters. The maximum atomic E-state index is 12.8. The van der Waals surface area contributed by atoms with Crippen molar-refractivity contribution in [3.05, 3.63) is 33.8 Å². The zero-order valence-electron chi connectivity index (χ0n) is 15.2. The minimum absolute atomic E-state index is 0.0381. The van der Waals surface area contributed by atoms with E-state index in [1.165, 1.54) is 7.11 Å². The van der Waals surface area contributed by atoms with Crippen molar-refractivity contribution in [3.63, 3.8) is 0 Å². The third kappa shape index (κ3) is 6.70. The third-order valence-corrected chi connectivity index (χ3v) is 5.52. The molecule has 6 nitrogen and oxygen atoms in total. The van der Waals surface area contributed by atoms with Gasteiger partial charge < -0.3 is 10.1 Å². The second-order valence-corrected chi connectivity index (χ2v) is 7.50. The first-order chi connectivity index (χ1) is 12.9. The standard InChI is InChI=1S/C19H24Cl2N2O4/c1-27-17(24)8-9-22-19(26)23-18(25)14(10-12-4-2-3-5-12)13-6-7-15(20)16(21)11-13/h6-7,11-12,14H,2-5,8-10H2,1H3,(H2,22,23,25,26). The summed E-state index contributed by atoms with van der Waals surface area (Å²) in [7, 11) is 1.27. The van der Waals surface area contributed by atoms with Gasteiger partial charge in [-0.2, -0.15) is 0 Å². The average Bonchev–Trinajstić information content (AvgIpc) is 3.15. The van der Waals surface area contributed by atoms with Gasteiger partial charge in [-0.15, -0.1) is 0 Å². The molecule has 0 aliphatic heterocycles. The topological polar surface area (TPSA) is 84.5 Å². The summed E-state index contributed by atoms with van der Waals surface area (Å²) in [5, 5.41) is 5.63. The van der Waals surface area contributed by atoms with Crippen LogP contribution in [0.15, 0.2) is 18.2 Å². The number of nitrogens with one attached hydrogen (secondary N) is 2. The number of urea groups is 1. The molecule has 0 spiro atoms. The Morgan fingerprint density at radius 1 is 1.19 bits per heavy atom. The highest BCUT2D eigenvalue weighted by atomic mass is 35.5. The fourth-order valence-electron chi connectivity index (χ4n) is 3.33. The first-order valence-electron chi connectivity index (χ1n) is 9.01. The van der Waals surface area contributed by atoms with Gasteiger partial charge in [-0.25, -0.2) is 4.79 Å². The zero-order chi connectivity index (χ0) is 19.8. The second-order valence-electron chi connectivity index (χ2n) is 6.68. The van der Waals surface area contributed by atoms with Crippen LogP contribution in [-0.2, 0) is 14.3 Å². The average molecular weight is 415 g/mol. The normalized spacial score (nSPS) is 15.2. The van der Waals surface area contributed by atoms with E-state index in [2.05, 4.69) is 15.4 Å². The number of amides is 3. The minimum atomic E-state index is -0.639. The molecule has 1 fully saturated rings. The van der Waals surface area contributed by atoms with Gasteiger partial charge in [-0.1, -0.05) is 55.0 Å². The van der Waals surface area contributed by atoms with E-state index in [4.69, 9.17) is 23.2 Å². The van der Waals surface area contributed by atoms with Gasteiger partial charge in [0.25, 0.3) is 0 Å². The van der Waals surface area contributed by atoms with Crippen LogP contribution in [-0.4, -0.2) is 31.6 Å². The van der Waals surface area contributed by atoms with Crippen LogP contribution in [0.1, 0.15) is 50.0 Å². The van der Waals surface area contributed by atoms with E-state index < -0.39 is 23.8 Å². The lowest BCUT2D eigenvalue weighted by atomic mass is 9.87. The van der Waals surface area contributed by atoms with E-state index in [-0.39, 0.29) is 13.0 Å². The van der Waals surface area contributed by atoms with Gasteiger partial charge in [0.05, 0.1) is 29.5 Å². The van der Waals surface area contributed by atoms with Crippen LogP contribution in [0.3, 0.4) is 0 Å². The summed E-state index contributed by atoms with van der Waals surface area (Å²) in [6.45, 7) is 0.0891. The highest BCUT2D eigenvalue weighted by Crippen LogP contribution is 2.36. The summed E-state index contributed by atoms with van der Waals surface area (Å²) >= 11 is 12.1. The molecule has 0 aromatic heterocycles. The predicted octanol–water partition coefficient (Wildman–Crippen LogP) is 4.05. The van der Waals surface area contributed by atoms with Gasteiger partial charge in [0, 0.05) is 6.54 Å². The fraction of sp³-hybridized carbons (Fsp3) is 0.526. The van der Waals surface area contributed by atoms with Crippen LogP contribution >= 0.6 is 23.2 Å². The lowest BCUT2D eigenvalue weighted by molar-refractivity contribution is -0.140. The van der Waals surface area contributed by atoms with Crippen LogP contribution in [0, 0.1) is 5.92 Å². The summed E-state index contributed by atoms with van der Waals surface area (Å²) in [4.78, 5) is 35.8. The van der Waals surface area contributed by atoms with Crippen molar-refractivity contribution in [1.29, 1.82) is 0 Å². The van der Waals surface area contributed by atoms with E-state index in [0.717, 1.165) is 31.2 Å². The molecule has 1 aliphatic rings. The Kier molecular flexibility index (Phi) is 8.38. The van der Waals surface area contributed by atoms with Gasteiger partial charge in [0.2, 0.25) is 5.91 Å². The Morgan fingerprint density at radius 2 is 1.89 bits per heavy atom. The molecule has 1 aromatic rings. The summed E-state index contributed by atoms with van der Waals surface area (Å²) in [6.07, 6.45) is 5.17. The third-order valence-electron chi connectivity index (χ3n) is 4.79. The molecule has 1 aromatic carbocycles. The van der Waals surface area contributed by atoms with Gasteiger partial charge in [0.1, 0.15) is 0 Å². The van der Waals surface area contributed by atoms with E-state index >= 15 is 0 Å². The van der Waals surface area contributed by atoms with Gasteiger partial charge >= 0.3 is 12.0 Å². The number of imide groups is 1. The molecule has 8 heteroatoms. The van der Waals surface area contributed by atoms with E-state index in [1.54, 1.807) is 18.2 Å². The Bertz CT molecular complexity index is 690. The number of halogens is 2. The molecule has 1 saturated carbocycles. The maximum Gasteiger partial charge on any atom is 0.321 e. The molecule has 27 heavy (non-hydrogen) atoms. The predicted molar refractivity (Wildman–Crippen MR) is 104 cm³/mol. The molecule has 1 aliphatic carbocycles. The second kappa shape index (κ2) is 10.5. The van der Waals surface area contributed by atoms with Crippen molar-refractivity contribution in [2.45, 2.75) is 44.4 Å². The highest BCUT2D eigenvalue weighted by Gasteiger charge is 2.28. The molecule has 0 saturated heterocycles. The molecule has 0 heterocycles. The van der Waals surface area contributed by atoms with Crippen LogP contribution in [0.2, 0.25) is 10.0 Å². The van der Waals surface area contributed by atoms with Crippen LogP contribution in [0.25, 0.3) is 0 Å². The number of carbonyl (C=O) groups excluding carboxylic acids is 3. The Hall–Kier alpha value is -1.79. The quantitative estimate of drug-likeness (QED) is 0.659. The van der Waals surface area contributed by atoms with Crippen molar-refractivity contribution in [1.82, 2.24) is 10.6 Å². The number of esters is 1. The number of carbonyl (C=O) groups is 3. The fourth-order valence-corrected chi connectivity index (χ4v) is 3.63. The molecule has 0 radical (unpaired) electrons. The van der Waals surface area contributed by atoms with E-state index in [9.17, 15) is 14.4 Å². The SMILES string of the molecule is COC(=O)CCNC(=O)NC(=O)C(CC1CCCC1)c1ccc(Cl)c(Cl)c1. The maximum absolute atomic E-state index is 12.8. The molecular formula is C19H24Cl2N2O4. The van der Waals surface area contributed by atoms with Crippen molar-refractivity contribution >= 4 is 41.1 Å². The Morgan fingerprint density at radius 3 is 2.52 bits per heavy atom. The Labute approximate surface area is 168 Å². The molecule has 2 rings (SSSR count). The molecular weight excluding hydrogens is 391 g/mol. The first-order valence-corrected chi connectivity index (χ1v) is 9.76. The number of hydrogen-bond donors (Lipinski definition) is 2. The Balaban J connectivity index is 2.02. The zero-order valence-corrected chi connectivity index (χ0v) is 16.7. The number of hydrogen-bond acceptors (Lipinski definition) is 4. The lowest BCUT2D eigenvalue weighted by Crippen LogP contribution is -2.42. The van der Waals surface area contributed by atoms with E-state index in [1.807, 2.05) is 0 Å². The highest BCUT2D eigenvalue weighted by molar-refractivity contribution is 6.42. The summed E-state index contributed by atoms with van der Waals surface area (Å²) in [5.74, 6) is -0.876. The minimum Gasteiger partial charge on any atom is -0.469 e. The molecule has 3 amide bonds. The summed E-state index contributed by atoms with van der Waals surface area (Å²) in [6, 6.07) is 4.46. The molecule has 0 bridgehead atoms. The van der Waals surface area contributed by atoms with Crippen molar-refractivity contribution in [2.75, 3.05) is 13.7 Å². The molecule has 2 N–H and O–H groups in total. The van der Waals surface area contributed by atoms with Crippen molar-refractivity contribution < 1.29 is 19.1 Å². The van der Waals surface area contributed by atoms with Crippen molar-refractivity contribution in [2.24, 2.45) is 5.92 Å². The van der Waals surface area contributed by atoms with Gasteiger partial charge in [0.15, 0.2) is 0 Å². The van der Waals surface area contributed by atoms with Crippen LogP contribution in [0.5, 0.6) is 0 Å². The van der Waals surface area contributed by atoms with Crippen LogP contribution < -0.4 is 10.6 Å². The number of ether oxygens (including phenoxy) is 1. The number of benzene rings is 1. The molecule has 1 atom stereocenters. The van der Waals surface area contributed by atoms with Crippen LogP contribution in [0.4, 0.5) is 4.79 Å². The van der Waals surface area contributed by atoms with Gasteiger partial charge in [-0.3, -0.25) is 14.9 Å². The lowest BCUT2D eigenvalue weighted by Gasteiger charge is -2.21. The summed E-state index contributed by atoms with van der Waals surface area (Å²) in [5.41, 5.74) is 0.733. The largest absolute Gasteiger partial charge is 0.469 e.